The molecule has 0 spiro atoms. The molecule has 0 aliphatic heterocycles. The van der Waals surface area contributed by atoms with Gasteiger partial charge in [0.1, 0.15) is 0 Å². The van der Waals surface area contributed by atoms with E-state index in [4.69, 9.17) is 9.97 Å². The predicted octanol–water partition coefficient (Wildman–Crippen LogP) is 3.76. The van der Waals surface area contributed by atoms with Crippen molar-refractivity contribution in [2.45, 2.75) is 6.92 Å². The Morgan fingerprint density at radius 1 is 0.767 bits per heavy atom. The van der Waals surface area contributed by atoms with Crippen LogP contribution in [-0.4, -0.2) is 24.5 Å². The van der Waals surface area contributed by atoms with Crippen LogP contribution in [0, 0.1) is 0 Å². The molecule has 0 radical (unpaired) electrons. The highest BCUT2D eigenvalue weighted by Gasteiger charge is 2.15. The number of para-hydroxylation sites is 1. The first-order valence-electron chi connectivity index (χ1n) is 9.73. The number of hydrogen-bond acceptors (Lipinski definition) is 4. The third-order valence-corrected chi connectivity index (χ3v) is 5.06. The first kappa shape index (κ1) is 17.9. The summed E-state index contributed by atoms with van der Waals surface area (Å²) in [7, 11) is 0. The molecule has 0 saturated carbocycles. The topological polar surface area (TPSA) is 56.5 Å². The molecule has 5 rings (SSSR count). The number of aromatic nitrogens is 5. The molecule has 4 heterocycles. The summed E-state index contributed by atoms with van der Waals surface area (Å²) in [5, 5.41) is 3.01. The van der Waals surface area contributed by atoms with Crippen LogP contribution in [0.3, 0.4) is 0 Å². The van der Waals surface area contributed by atoms with Gasteiger partial charge in [-0.3, -0.25) is 14.5 Å². The van der Waals surface area contributed by atoms with Gasteiger partial charge in [0.15, 0.2) is 0 Å². The summed E-state index contributed by atoms with van der Waals surface area (Å²) < 4.78 is 2.05. The zero-order valence-corrected chi connectivity index (χ0v) is 16.5. The van der Waals surface area contributed by atoms with Crippen LogP contribution in [0.2, 0.25) is 0 Å². The van der Waals surface area contributed by atoms with Crippen molar-refractivity contribution in [1.82, 2.24) is 24.5 Å². The number of benzene rings is 1. The fourth-order valence-corrected chi connectivity index (χ4v) is 3.67. The summed E-state index contributed by atoms with van der Waals surface area (Å²) in [4.78, 5) is 18.7. The van der Waals surface area contributed by atoms with Gasteiger partial charge in [0, 0.05) is 23.0 Å². The monoisotopic (exact) mass is 389 g/mol. The lowest BCUT2D eigenvalue weighted by atomic mass is 10.2. The van der Waals surface area contributed by atoms with Crippen LogP contribution in [-0.2, 0) is 0 Å². The van der Waals surface area contributed by atoms with Crippen LogP contribution in [0.5, 0.6) is 0 Å². The van der Waals surface area contributed by atoms with Crippen molar-refractivity contribution in [3.05, 3.63) is 89.7 Å². The third kappa shape index (κ3) is 2.97. The predicted molar refractivity (Wildman–Crippen MR) is 120 cm³/mol. The molecule has 0 atom stereocenters. The van der Waals surface area contributed by atoms with Gasteiger partial charge in [-0.2, -0.15) is 0 Å². The van der Waals surface area contributed by atoms with Crippen LogP contribution >= 0.6 is 0 Å². The smallest absolute Gasteiger partial charge is 0.235 e. The summed E-state index contributed by atoms with van der Waals surface area (Å²) in [5.41, 5.74) is 4.07. The van der Waals surface area contributed by atoms with E-state index >= 15 is 0 Å². The second kappa shape index (κ2) is 7.37. The zero-order chi connectivity index (χ0) is 20.5. The minimum absolute atomic E-state index is 0.568. The van der Waals surface area contributed by atoms with E-state index in [9.17, 15) is 0 Å². The first-order chi connectivity index (χ1) is 14.8. The van der Waals surface area contributed by atoms with Gasteiger partial charge in [0.2, 0.25) is 5.95 Å². The summed E-state index contributed by atoms with van der Waals surface area (Å²) in [6.07, 6.45) is 5.57. The highest BCUT2D eigenvalue weighted by Crippen LogP contribution is 2.23. The van der Waals surface area contributed by atoms with Crippen molar-refractivity contribution in [3.8, 4) is 28.7 Å². The van der Waals surface area contributed by atoms with Gasteiger partial charge in [-0.15, -0.1) is 0 Å². The van der Waals surface area contributed by atoms with Crippen molar-refractivity contribution < 1.29 is 0 Å². The second-order valence-electron chi connectivity index (χ2n) is 6.87. The molecule has 0 N–H and O–H groups in total. The van der Waals surface area contributed by atoms with E-state index in [1.165, 1.54) is 0 Å². The van der Waals surface area contributed by atoms with Crippen LogP contribution < -0.4 is 10.6 Å². The molecule has 0 unspecified atom stereocenters. The molecule has 0 aliphatic rings. The van der Waals surface area contributed by atoms with Crippen LogP contribution in [0.15, 0.2) is 79.1 Å². The minimum Gasteiger partial charge on any atom is -0.278 e. The Morgan fingerprint density at radius 3 is 1.93 bits per heavy atom. The van der Waals surface area contributed by atoms with E-state index in [2.05, 4.69) is 33.2 Å². The van der Waals surface area contributed by atoms with Crippen molar-refractivity contribution in [1.29, 1.82) is 0 Å². The van der Waals surface area contributed by atoms with Crippen molar-refractivity contribution in [2.75, 3.05) is 0 Å². The number of rotatable bonds is 3. The SMILES string of the molecule is C=c1/c(=C\C)n(-c2nc(-c3ccccn3)cc(-c3ccccn3)n2)c2ccccc12. The van der Waals surface area contributed by atoms with E-state index in [-0.39, 0.29) is 0 Å². The molecule has 0 bridgehead atoms. The maximum absolute atomic E-state index is 4.89. The number of nitrogens with zero attached hydrogens (tertiary/aromatic N) is 5. The van der Waals surface area contributed by atoms with Gasteiger partial charge in [-0.05, 0) is 43.3 Å². The molecule has 0 aliphatic carbocycles. The van der Waals surface area contributed by atoms with E-state index in [1.807, 2.05) is 67.6 Å². The Bertz CT molecular complexity index is 1400. The molecule has 5 heteroatoms. The second-order valence-corrected chi connectivity index (χ2v) is 6.87. The average molecular weight is 389 g/mol. The fraction of sp³-hybridized carbons (Fsp3) is 0.0400. The Morgan fingerprint density at radius 2 is 1.37 bits per heavy atom. The van der Waals surface area contributed by atoms with E-state index in [1.54, 1.807) is 12.4 Å². The first-order valence-corrected chi connectivity index (χ1v) is 9.73. The Kier molecular flexibility index (Phi) is 4.41. The molecule has 144 valence electrons. The third-order valence-electron chi connectivity index (χ3n) is 5.06. The number of pyridine rings is 2. The molecular formula is C25H19N5. The molecule has 0 amide bonds. The Labute approximate surface area is 173 Å². The van der Waals surface area contributed by atoms with Crippen LogP contribution in [0.1, 0.15) is 6.92 Å². The standard InChI is InChI=1S/C25H19N5/c1-3-23-17(2)18-10-4-5-13-24(18)30(23)25-28-21(19-11-6-8-14-26-19)16-22(29-25)20-12-7-9-15-27-20/h3-16H,2H2,1H3/b23-3+. The van der Waals surface area contributed by atoms with Crippen molar-refractivity contribution in [3.63, 3.8) is 0 Å². The van der Waals surface area contributed by atoms with E-state index in [0.29, 0.717) is 5.95 Å². The molecule has 0 fully saturated rings. The Hall–Kier alpha value is -4.12. The highest BCUT2D eigenvalue weighted by molar-refractivity contribution is 5.83. The number of fused-ring (bicyclic) bond motifs is 1. The van der Waals surface area contributed by atoms with Gasteiger partial charge < -0.3 is 0 Å². The lowest BCUT2D eigenvalue weighted by Crippen LogP contribution is -2.28. The van der Waals surface area contributed by atoms with Gasteiger partial charge in [-0.25, -0.2) is 9.97 Å². The van der Waals surface area contributed by atoms with E-state index in [0.717, 1.165) is 44.2 Å². The molecule has 0 saturated heterocycles. The quantitative estimate of drug-likeness (QED) is 0.472. The van der Waals surface area contributed by atoms with Crippen molar-refractivity contribution in [2.24, 2.45) is 0 Å². The zero-order valence-electron chi connectivity index (χ0n) is 16.5. The molecule has 5 nitrogen and oxygen atoms in total. The lowest BCUT2D eigenvalue weighted by molar-refractivity contribution is 0.934. The molecule has 4 aromatic heterocycles. The van der Waals surface area contributed by atoms with Crippen LogP contribution in [0.25, 0.3) is 52.3 Å². The van der Waals surface area contributed by atoms with Gasteiger partial charge >= 0.3 is 0 Å². The van der Waals surface area contributed by atoms with Crippen molar-refractivity contribution >= 4 is 23.6 Å². The fourth-order valence-electron chi connectivity index (χ4n) is 3.67. The summed E-state index contributed by atoms with van der Waals surface area (Å²) in [5.74, 6) is 0.568. The maximum atomic E-state index is 4.89. The normalized spacial score (nSPS) is 11.8. The number of hydrogen-bond donors (Lipinski definition) is 0. The van der Waals surface area contributed by atoms with Crippen LogP contribution in [0.4, 0.5) is 0 Å². The largest absolute Gasteiger partial charge is 0.278 e. The molecular weight excluding hydrogens is 370 g/mol. The molecule has 30 heavy (non-hydrogen) atoms. The maximum Gasteiger partial charge on any atom is 0.235 e. The molecule has 5 aromatic rings. The minimum atomic E-state index is 0.568. The van der Waals surface area contributed by atoms with Gasteiger partial charge in [-0.1, -0.05) is 43.0 Å². The lowest BCUT2D eigenvalue weighted by Gasteiger charge is -2.10. The summed E-state index contributed by atoms with van der Waals surface area (Å²) in [6, 6.07) is 21.7. The Balaban J connectivity index is 1.86. The van der Waals surface area contributed by atoms with Gasteiger partial charge in [0.05, 0.1) is 33.6 Å². The highest BCUT2D eigenvalue weighted by atomic mass is 15.2. The van der Waals surface area contributed by atoms with E-state index < -0.39 is 0 Å². The van der Waals surface area contributed by atoms with Gasteiger partial charge in [0.25, 0.3) is 0 Å². The molecule has 1 aromatic carbocycles. The average Bonchev–Trinajstić information content (AvgIpc) is 3.11. The summed E-state index contributed by atoms with van der Waals surface area (Å²) in [6.45, 7) is 6.30. The summed E-state index contributed by atoms with van der Waals surface area (Å²) >= 11 is 0.